The van der Waals surface area contributed by atoms with Crippen LogP contribution in [0.1, 0.15) is 24.3 Å². The molecule has 1 aromatic carbocycles. The second-order valence-corrected chi connectivity index (χ2v) is 5.93. The Hall–Kier alpha value is -1.94. The van der Waals surface area contributed by atoms with Crippen LogP contribution in [-0.4, -0.2) is 34.4 Å². The Balaban J connectivity index is 1.88. The van der Waals surface area contributed by atoms with Crippen LogP contribution in [0, 0.1) is 5.92 Å². The van der Waals surface area contributed by atoms with Crippen LogP contribution < -0.4 is 5.73 Å². The molecule has 2 aromatic rings. The van der Waals surface area contributed by atoms with E-state index in [2.05, 4.69) is 18.8 Å². The first-order valence-corrected chi connectivity index (χ1v) is 6.93. The van der Waals surface area contributed by atoms with Gasteiger partial charge in [0.1, 0.15) is 5.69 Å². The SMILES string of the molecule is CC(C)C1(N)CN(C(=O)c2nccc3ccccc23)C1. The van der Waals surface area contributed by atoms with Gasteiger partial charge in [-0.2, -0.15) is 0 Å². The standard InChI is InChI=1S/C16H19N3O/c1-11(2)16(17)9-19(10-16)15(20)14-13-6-4-3-5-12(13)7-8-18-14/h3-8,11H,9-10,17H2,1-2H3. The van der Waals surface area contributed by atoms with Crippen molar-refractivity contribution in [3.05, 3.63) is 42.2 Å². The van der Waals surface area contributed by atoms with Crippen LogP contribution >= 0.6 is 0 Å². The highest BCUT2D eigenvalue weighted by molar-refractivity contribution is 6.05. The first-order chi connectivity index (χ1) is 9.51. The lowest BCUT2D eigenvalue weighted by molar-refractivity contribution is 0.0272. The number of nitrogens with zero attached hydrogens (tertiary/aromatic N) is 2. The first-order valence-electron chi connectivity index (χ1n) is 6.93. The average Bonchev–Trinajstić information content (AvgIpc) is 2.42. The van der Waals surface area contributed by atoms with Crippen molar-refractivity contribution in [2.75, 3.05) is 13.1 Å². The molecule has 0 bridgehead atoms. The molecule has 1 aliphatic rings. The summed E-state index contributed by atoms with van der Waals surface area (Å²) < 4.78 is 0. The van der Waals surface area contributed by atoms with Gasteiger partial charge in [0.25, 0.3) is 5.91 Å². The Morgan fingerprint density at radius 1 is 1.30 bits per heavy atom. The lowest BCUT2D eigenvalue weighted by atomic mass is 9.80. The van der Waals surface area contributed by atoms with Gasteiger partial charge in [-0.15, -0.1) is 0 Å². The zero-order chi connectivity index (χ0) is 14.3. The lowest BCUT2D eigenvalue weighted by Gasteiger charge is -2.50. The molecule has 2 heterocycles. The molecule has 1 amide bonds. The number of hydrogen-bond acceptors (Lipinski definition) is 3. The Morgan fingerprint density at radius 3 is 2.70 bits per heavy atom. The fourth-order valence-electron chi connectivity index (χ4n) is 2.61. The van der Waals surface area contributed by atoms with Crippen molar-refractivity contribution in [2.45, 2.75) is 19.4 Å². The third-order valence-electron chi connectivity index (χ3n) is 4.28. The number of rotatable bonds is 2. The molecule has 104 valence electrons. The molecule has 0 unspecified atom stereocenters. The van der Waals surface area contributed by atoms with E-state index in [1.54, 1.807) is 11.1 Å². The van der Waals surface area contributed by atoms with E-state index in [0.29, 0.717) is 24.7 Å². The smallest absolute Gasteiger partial charge is 0.273 e. The molecule has 0 aliphatic carbocycles. The zero-order valence-corrected chi connectivity index (χ0v) is 11.8. The number of aromatic nitrogens is 1. The minimum Gasteiger partial charge on any atom is -0.333 e. The van der Waals surface area contributed by atoms with E-state index in [0.717, 1.165) is 10.8 Å². The van der Waals surface area contributed by atoms with Crippen LogP contribution in [0.4, 0.5) is 0 Å². The second kappa shape index (κ2) is 4.56. The third-order valence-corrected chi connectivity index (χ3v) is 4.28. The van der Waals surface area contributed by atoms with Crippen molar-refractivity contribution >= 4 is 16.7 Å². The molecule has 0 saturated carbocycles. The van der Waals surface area contributed by atoms with Gasteiger partial charge in [-0.3, -0.25) is 9.78 Å². The van der Waals surface area contributed by atoms with E-state index in [1.165, 1.54) is 0 Å². The van der Waals surface area contributed by atoms with Crippen molar-refractivity contribution in [2.24, 2.45) is 11.7 Å². The molecular formula is C16H19N3O. The summed E-state index contributed by atoms with van der Waals surface area (Å²) in [6, 6.07) is 9.74. The van der Waals surface area contributed by atoms with Crippen molar-refractivity contribution < 1.29 is 4.79 Å². The molecule has 4 heteroatoms. The van der Waals surface area contributed by atoms with Gasteiger partial charge in [0.15, 0.2) is 0 Å². The minimum absolute atomic E-state index is 0.0245. The maximum Gasteiger partial charge on any atom is 0.273 e. The number of carbonyl (C=O) groups is 1. The van der Waals surface area contributed by atoms with Crippen molar-refractivity contribution in [3.8, 4) is 0 Å². The van der Waals surface area contributed by atoms with Gasteiger partial charge in [-0.25, -0.2) is 0 Å². The Labute approximate surface area is 118 Å². The summed E-state index contributed by atoms with van der Waals surface area (Å²) in [5, 5.41) is 1.94. The summed E-state index contributed by atoms with van der Waals surface area (Å²) >= 11 is 0. The molecular weight excluding hydrogens is 250 g/mol. The summed E-state index contributed by atoms with van der Waals surface area (Å²) in [5.74, 6) is 0.343. The predicted molar refractivity (Wildman–Crippen MR) is 79.4 cm³/mol. The minimum atomic E-state index is -0.250. The largest absolute Gasteiger partial charge is 0.333 e. The molecule has 1 fully saturated rings. The molecule has 2 N–H and O–H groups in total. The van der Waals surface area contributed by atoms with Crippen LogP contribution in [0.5, 0.6) is 0 Å². The Kier molecular flexibility index (Phi) is 2.98. The molecule has 3 rings (SSSR count). The summed E-state index contributed by atoms with van der Waals surface area (Å²) in [6.07, 6.45) is 1.69. The molecule has 0 radical (unpaired) electrons. The predicted octanol–water partition coefficient (Wildman–Crippen LogP) is 2.04. The Morgan fingerprint density at radius 2 is 2.00 bits per heavy atom. The van der Waals surface area contributed by atoms with Gasteiger partial charge in [0, 0.05) is 24.7 Å². The van der Waals surface area contributed by atoms with Gasteiger partial charge in [0.2, 0.25) is 0 Å². The monoisotopic (exact) mass is 269 g/mol. The highest BCUT2D eigenvalue weighted by atomic mass is 16.2. The van der Waals surface area contributed by atoms with E-state index >= 15 is 0 Å². The van der Waals surface area contributed by atoms with Crippen LogP contribution in [0.25, 0.3) is 10.8 Å². The van der Waals surface area contributed by atoms with Gasteiger partial charge >= 0.3 is 0 Å². The summed E-state index contributed by atoms with van der Waals surface area (Å²) in [5.41, 5.74) is 6.52. The average molecular weight is 269 g/mol. The van der Waals surface area contributed by atoms with E-state index in [-0.39, 0.29) is 11.4 Å². The van der Waals surface area contributed by atoms with Crippen LogP contribution in [-0.2, 0) is 0 Å². The molecule has 1 aromatic heterocycles. The quantitative estimate of drug-likeness (QED) is 0.907. The highest BCUT2D eigenvalue weighted by Gasteiger charge is 2.44. The highest BCUT2D eigenvalue weighted by Crippen LogP contribution is 2.28. The zero-order valence-electron chi connectivity index (χ0n) is 11.8. The van der Waals surface area contributed by atoms with Crippen molar-refractivity contribution in [3.63, 3.8) is 0 Å². The van der Waals surface area contributed by atoms with E-state index in [4.69, 9.17) is 5.73 Å². The van der Waals surface area contributed by atoms with E-state index in [1.807, 2.05) is 30.3 Å². The normalized spacial score (nSPS) is 17.3. The van der Waals surface area contributed by atoms with Gasteiger partial charge in [-0.05, 0) is 17.4 Å². The molecule has 1 aliphatic heterocycles. The van der Waals surface area contributed by atoms with Crippen molar-refractivity contribution in [1.29, 1.82) is 0 Å². The number of pyridine rings is 1. The Bertz CT molecular complexity index is 654. The number of hydrogen-bond donors (Lipinski definition) is 1. The molecule has 4 nitrogen and oxygen atoms in total. The number of amides is 1. The number of carbonyl (C=O) groups excluding carboxylic acids is 1. The topological polar surface area (TPSA) is 59.2 Å². The molecule has 0 spiro atoms. The maximum absolute atomic E-state index is 12.6. The number of nitrogens with two attached hydrogens (primary N) is 1. The summed E-state index contributed by atoms with van der Waals surface area (Å²) in [7, 11) is 0. The van der Waals surface area contributed by atoms with Gasteiger partial charge < -0.3 is 10.6 Å². The fraction of sp³-hybridized carbons (Fsp3) is 0.375. The summed E-state index contributed by atoms with van der Waals surface area (Å²) in [6.45, 7) is 5.40. The second-order valence-electron chi connectivity index (χ2n) is 5.93. The van der Waals surface area contributed by atoms with E-state index in [9.17, 15) is 4.79 Å². The lowest BCUT2D eigenvalue weighted by Crippen LogP contribution is -2.71. The first kappa shape index (κ1) is 13.1. The van der Waals surface area contributed by atoms with Crippen LogP contribution in [0.15, 0.2) is 36.5 Å². The van der Waals surface area contributed by atoms with Crippen molar-refractivity contribution in [1.82, 2.24) is 9.88 Å². The van der Waals surface area contributed by atoms with Crippen LogP contribution in [0.2, 0.25) is 0 Å². The van der Waals surface area contributed by atoms with Gasteiger partial charge in [0.05, 0.1) is 5.54 Å². The van der Waals surface area contributed by atoms with Gasteiger partial charge in [-0.1, -0.05) is 38.1 Å². The molecule has 0 atom stereocenters. The third kappa shape index (κ3) is 1.96. The maximum atomic E-state index is 12.6. The molecule has 1 saturated heterocycles. The van der Waals surface area contributed by atoms with E-state index < -0.39 is 0 Å². The summed E-state index contributed by atoms with van der Waals surface area (Å²) in [4.78, 5) is 18.6. The fourth-order valence-corrected chi connectivity index (χ4v) is 2.61. The van der Waals surface area contributed by atoms with Crippen LogP contribution in [0.3, 0.4) is 0 Å². The number of fused-ring (bicyclic) bond motifs is 1. The number of benzene rings is 1. The molecule has 20 heavy (non-hydrogen) atoms. The number of likely N-dealkylation sites (tertiary alicyclic amines) is 1.